The average molecular weight is 254 g/mol. The van der Waals surface area contributed by atoms with Gasteiger partial charge in [-0.25, -0.2) is 0 Å². The molecule has 1 N–H and O–H groups in total. The van der Waals surface area contributed by atoms with Gasteiger partial charge in [-0.3, -0.25) is 4.99 Å². The van der Waals surface area contributed by atoms with Gasteiger partial charge in [0.1, 0.15) is 6.61 Å². The van der Waals surface area contributed by atoms with Crippen molar-refractivity contribution in [1.29, 1.82) is 0 Å². The van der Waals surface area contributed by atoms with Crippen LogP contribution in [0.1, 0.15) is 33.6 Å². The van der Waals surface area contributed by atoms with Gasteiger partial charge in [0.2, 0.25) is 0 Å². The van der Waals surface area contributed by atoms with Crippen LogP contribution in [0.3, 0.4) is 0 Å². The van der Waals surface area contributed by atoms with Crippen molar-refractivity contribution in [2.75, 3.05) is 26.9 Å². The van der Waals surface area contributed by atoms with E-state index in [1.165, 1.54) is 6.42 Å². The fraction of sp³-hybridized carbons (Fsp3) is 0.643. The van der Waals surface area contributed by atoms with E-state index in [2.05, 4.69) is 17.2 Å². The zero-order chi connectivity index (χ0) is 13.6. The van der Waals surface area contributed by atoms with Crippen molar-refractivity contribution in [2.24, 2.45) is 4.99 Å². The number of methoxy groups -OCH3 is 1. The van der Waals surface area contributed by atoms with Gasteiger partial charge in [-0.05, 0) is 20.3 Å². The van der Waals surface area contributed by atoms with Crippen LogP contribution in [0.4, 0.5) is 0 Å². The van der Waals surface area contributed by atoms with E-state index >= 15 is 0 Å². The van der Waals surface area contributed by atoms with Crippen molar-refractivity contribution in [1.82, 2.24) is 5.32 Å². The number of hydrogen-bond donors (Lipinski definition) is 1. The van der Waals surface area contributed by atoms with Gasteiger partial charge in [0.15, 0.2) is 5.76 Å². The number of hydrogen-bond acceptors (Lipinski definition) is 4. The van der Waals surface area contributed by atoms with Crippen molar-refractivity contribution in [3.8, 4) is 0 Å². The van der Waals surface area contributed by atoms with Crippen molar-refractivity contribution in [3.63, 3.8) is 0 Å². The number of allylic oxidation sites excluding steroid dienone is 3. The Morgan fingerprint density at radius 3 is 2.72 bits per heavy atom. The SMILES string of the molecule is C/C=C/N=C\C(OCCOC)=C(/C)NCCCC. The molecule has 0 aliphatic heterocycles. The molecule has 0 radical (unpaired) electrons. The minimum absolute atomic E-state index is 0.528. The summed E-state index contributed by atoms with van der Waals surface area (Å²) in [5, 5.41) is 3.34. The van der Waals surface area contributed by atoms with Crippen LogP contribution in [0.15, 0.2) is 28.7 Å². The van der Waals surface area contributed by atoms with Crippen molar-refractivity contribution in [3.05, 3.63) is 23.7 Å². The molecular weight excluding hydrogens is 228 g/mol. The normalized spacial score (nSPS) is 13.1. The molecule has 0 aromatic heterocycles. The van der Waals surface area contributed by atoms with Crippen LogP contribution in [0.25, 0.3) is 0 Å². The summed E-state index contributed by atoms with van der Waals surface area (Å²) >= 11 is 0. The van der Waals surface area contributed by atoms with Crippen LogP contribution >= 0.6 is 0 Å². The monoisotopic (exact) mass is 254 g/mol. The van der Waals surface area contributed by atoms with Crippen LogP contribution < -0.4 is 5.32 Å². The minimum atomic E-state index is 0.528. The van der Waals surface area contributed by atoms with Gasteiger partial charge >= 0.3 is 0 Å². The van der Waals surface area contributed by atoms with E-state index in [-0.39, 0.29) is 0 Å². The third-order valence-corrected chi connectivity index (χ3v) is 2.26. The Hall–Kier alpha value is -1.29. The maximum absolute atomic E-state index is 5.63. The molecule has 4 heteroatoms. The zero-order valence-corrected chi connectivity index (χ0v) is 12.0. The van der Waals surface area contributed by atoms with Crippen molar-refractivity contribution < 1.29 is 9.47 Å². The summed E-state index contributed by atoms with van der Waals surface area (Å²) in [5.41, 5.74) is 1.01. The molecular formula is C14H26N2O2. The standard InChI is InChI=1S/C14H26N2O2/c1-5-7-9-16-13(3)14(12-15-8-6-2)18-11-10-17-4/h6,8,12,16H,5,7,9-11H2,1-4H3/b8-6+,14-13-,15-12-. The molecule has 4 nitrogen and oxygen atoms in total. The average Bonchev–Trinajstić information content (AvgIpc) is 2.37. The Morgan fingerprint density at radius 2 is 2.11 bits per heavy atom. The number of unbranched alkanes of at least 4 members (excludes halogenated alkanes) is 1. The molecule has 0 rings (SSSR count). The van der Waals surface area contributed by atoms with E-state index in [0.29, 0.717) is 13.2 Å². The highest BCUT2D eigenvalue weighted by Gasteiger charge is 2.01. The van der Waals surface area contributed by atoms with Gasteiger partial charge < -0.3 is 14.8 Å². The third-order valence-electron chi connectivity index (χ3n) is 2.26. The van der Waals surface area contributed by atoms with Gasteiger partial charge in [-0.15, -0.1) is 0 Å². The van der Waals surface area contributed by atoms with Gasteiger partial charge in [0.25, 0.3) is 0 Å². The van der Waals surface area contributed by atoms with E-state index < -0.39 is 0 Å². The lowest BCUT2D eigenvalue weighted by Gasteiger charge is -2.12. The molecule has 0 saturated heterocycles. The van der Waals surface area contributed by atoms with Gasteiger partial charge in [-0.1, -0.05) is 19.4 Å². The topological polar surface area (TPSA) is 42.9 Å². The van der Waals surface area contributed by atoms with E-state index in [9.17, 15) is 0 Å². The second-order valence-corrected chi connectivity index (χ2v) is 3.87. The van der Waals surface area contributed by atoms with Crippen LogP contribution in [-0.2, 0) is 9.47 Å². The van der Waals surface area contributed by atoms with Crippen LogP contribution in [-0.4, -0.2) is 33.1 Å². The van der Waals surface area contributed by atoms with E-state index in [4.69, 9.17) is 9.47 Å². The molecule has 0 aromatic rings. The molecule has 0 unspecified atom stereocenters. The summed E-state index contributed by atoms with van der Waals surface area (Å²) < 4.78 is 10.6. The van der Waals surface area contributed by atoms with Crippen LogP contribution in [0.2, 0.25) is 0 Å². The summed E-state index contributed by atoms with van der Waals surface area (Å²) in [4.78, 5) is 4.15. The zero-order valence-electron chi connectivity index (χ0n) is 12.0. The van der Waals surface area contributed by atoms with E-state index in [0.717, 1.165) is 24.4 Å². The lowest BCUT2D eigenvalue weighted by molar-refractivity contribution is 0.116. The van der Waals surface area contributed by atoms with Crippen molar-refractivity contribution >= 4 is 6.21 Å². The summed E-state index contributed by atoms with van der Waals surface area (Å²) in [6, 6.07) is 0. The highest BCUT2D eigenvalue weighted by molar-refractivity contribution is 5.77. The van der Waals surface area contributed by atoms with Crippen LogP contribution in [0.5, 0.6) is 0 Å². The molecule has 0 fully saturated rings. The second kappa shape index (κ2) is 12.2. The number of nitrogens with zero attached hydrogens (tertiary/aromatic N) is 1. The Labute approximate surface area is 111 Å². The van der Waals surface area contributed by atoms with Gasteiger partial charge in [0.05, 0.1) is 18.5 Å². The molecule has 0 atom stereocenters. The minimum Gasteiger partial charge on any atom is -0.488 e. The van der Waals surface area contributed by atoms with Crippen molar-refractivity contribution in [2.45, 2.75) is 33.6 Å². The first kappa shape index (κ1) is 16.7. The Bertz CT molecular complexity index is 284. The summed E-state index contributed by atoms with van der Waals surface area (Å²) in [7, 11) is 1.66. The fourth-order valence-corrected chi connectivity index (χ4v) is 1.21. The maximum Gasteiger partial charge on any atom is 0.156 e. The van der Waals surface area contributed by atoms with Gasteiger partial charge in [0, 0.05) is 19.9 Å². The highest BCUT2D eigenvalue weighted by Crippen LogP contribution is 2.02. The van der Waals surface area contributed by atoms with E-state index in [1.54, 1.807) is 19.5 Å². The lowest BCUT2D eigenvalue weighted by Crippen LogP contribution is -2.17. The quantitative estimate of drug-likeness (QED) is 0.370. The second-order valence-electron chi connectivity index (χ2n) is 3.87. The molecule has 18 heavy (non-hydrogen) atoms. The molecule has 104 valence electrons. The maximum atomic E-state index is 5.63. The number of ether oxygens (including phenoxy) is 2. The molecule has 0 aliphatic carbocycles. The first-order chi connectivity index (χ1) is 8.76. The Morgan fingerprint density at radius 1 is 1.33 bits per heavy atom. The van der Waals surface area contributed by atoms with Crippen LogP contribution in [0, 0.1) is 0 Å². The predicted octanol–water partition coefficient (Wildman–Crippen LogP) is 2.88. The molecule has 0 spiro atoms. The number of aliphatic imine (C=N–C) groups is 1. The molecule has 0 aliphatic rings. The largest absolute Gasteiger partial charge is 0.488 e. The summed E-state index contributed by atoms with van der Waals surface area (Å²) in [6.45, 7) is 8.16. The molecule has 0 aromatic carbocycles. The Balaban J connectivity index is 4.43. The van der Waals surface area contributed by atoms with Gasteiger partial charge in [-0.2, -0.15) is 0 Å². The summed E-state index contributed by atoms with van der Waals surface area (Å²) in [5.74, 6) is 0.765. The fourth-order valence-electron chi connectivity index (χ4n) is 1.21. The first-order valence-electron chi connectivity index (χ1n) is 6.47. The molecule has 0 heterocycles. The lowest BCUT2D eigenvalue weighted by atomic mass is 10.3. The number of nitrogens with one attached hydrogen (secondary N) is 1. The Kier molecular flexibility index (Phi) is 11.3. The molecule has 0 amide bonds. The van der Waals surface area contributed by atoms with E-state index in [1.807, 2.05) is 19.9 Å². The molecule has 0 saturated carbocycles. The molecule has 0 bridgehead atoms. The summed E-state index contributed by atoms with van der Waals surface area (Å²) in [6.07, 6.45) is 7.66. The first-order valence-corrected chi connectivity index (χ1v) is 6.47. The number of rotatable bonds is 10. The predicted molar refractivity (Wildman–Crippen MR) is 76.7 cm³/mol. The highest BCUT2D eigenvalue weighted by atomic mass is 16.5. The third kappa shape index (κ3) is 8.82. The smallest absolute Gasteiger partial charge is 0.156 e.